The molecule has 10 fully saturated rings. The average molecular weight is 1980 g/mol. The predicted octanol–water partition coefficient (Wildman–Crippen LogP) is 19.2. The van der Waals surface area contributed by atoms with Gasteiger partial charge in [-0.3, -0.25) is 47.9 Å². The van der Waals surface area contributed by atoms with Crippen LogP contribution < -0.4 is 54.4 Å². The minimum Gasteiger partial charge on any atom is -0.385 e. The second-order valence-corrected chi connectivity index (χ2v) is 42.4. The lowest BCUT2D eigenvalue weighted by Crippen LogP contribution is -2.28. The van der Waals surface area contributed by atoms with E-state index in [-0.39, 0.29) is 143 Å². The van der Waals surface area contributed by atoms with Gasteiger partial charge in [0.25, 0.3) is 34.2 Å². The van der Waals surface area contributed by atoms with Crippen molar-refractivity contribution in [2.45, 2.75) is 287 Å². The number of aromatic nitrogens is 5. The van der Waals surface area contributed by atoms with Crippen molar-refractivity contribution in [2.75, 3.05) is 13.7 Å². The predicted molar refractivity (Wildman–Crippen MR) is 528 cm³/mol. The molecule has 10 heterocycles. The van der Waals surface area contributed by atoms with Crippen molar-refractivity contribution >= 4 is 85.8 Å². The van der Waals surface area contributed by atoms with E-state index in [2.05, 4.69) is 94.8 Å². The number of nitrogens with one attached hydrogen (secondary N) is 10. The molecule has 10 aromatic rings. The summed E-state index contributed by atoms with van der Waals surface area (Å²) in [5.41, 5.74) is 13.4. The number of amides is 5. The van der Waals surface area contributed by atoms with Crippen LogP contribution >= 0.6 is 46.4 Å². The molecule has 0 radical (unpaired) electrons. The van der Waals surface area contributed by atoms with Crippen LogP contribution in [0.1, 0.15) is 329 Å². The Balaban J connectivity index is 0.000000125. The van der Waals surface area contributed by atoms with Crippen molar-refractivity contribution in [1.82, 2.24) is 51.5 Å². The molecular weight excluding hydrogens is 1860 g/mol. The van der Waals surface area contributed by atoms with E-state index in [1.807, 2.05) is 60.7 Å². The molecule has 138 heavy (non-hydrogen) atoms. The van der Waals surface area contributed by atoms with Gasteiger partial charge in [-0.1, -0.05) is 150 Å². The van der Waals surface area contributed by atoms with E-state index < -0.39 is 22.1 Å². The number of methoxy groups -OCH3 is 1. The van der Waals surface area contributed by atoms with Gasteiger partial charge >= 0.3 is 0 Å². The molecule has 728 valence electrons. The summed E-state index contributed by atoms with van der Waals surface area (Å²) in [6.07, 6.45) is 19.9. The zero-order valence-corrected chi connectivity index (χ0v) is 81.0. The highest BCUT2D eigenvalue weighted by molar-refractivity contribution is 7.92. The highest BCUT2D eigenvalue weighted by atomic mass is 35.5. The van der Waals surface area contributed by atoms with E-state index in [0.29, 0.717) is 104 Å². The van der Waals surface area contributed by atoms with E-state index in [1.54, 1.807) is 55.6 Å². The second-order valence-electron chi connectivity index (χ2n) is 38.5. The van der Waals surface area contributed by atoms with Crippen LogP contribution in [0.2, 0.25) is 20.1 Å². The molecule has 5 saturated heterocycles. The molecular formula is C107H117Cl4F3N10O13S. The van der Waals surface area contributed by atoms with Gasteiger partial charge in [-0.05, 0) is 277 Å². The van der Waals surface area contributed by atoms with Gasteiger partial charge in [0, 0.05) is 172 Å². The maximum atomic E-state index is 14.6. The molecule has 10 aliphatic rings. The Morgan fingerprint density at radius 3 is 1.03 bits per heavy atom. The highest BCUT2D eigenvalue weighted by Gasteiger charge is 2.41. The topological polar surface area (TPSA) is 353 Å². The molecule has 5 unspecified atom stereocenters. The van der Waals surface area contributed by atoms with Crippen LogP contribution in [0.25, 0.3) is 0 Å². The number of pyridine rings is 5. The van der Waals surface area contributed by atoms with Crippen LogP contribution in [-0.4, -0.2) is 112 Å². The minimum absolute atomic E-state index is 0.00207. The number of hydrogen-bond acceptors (Lipinski definition) is 13. The van der Waals surface area contributed by atoms with Crippen molar-refractivity contribution in [3.63, 3.8) is 0 Å². The highest BCUT2D eigenvalue weighted by Crippen LogP contribution is 2.46. The van der Waals surface area contributed by atoms with Gasteiger partial charge in [0.05, 0.1) is 15.2 Å². The van der Waals surface area contributed by atoms with Crippen molar-refractivity contribution in [3.8, 4) is 0 Å². The number of aryl methyl sites for hydroxylation is 2. The van der Waals surface area contributed by atoms with Crippen molar-refractivity contribution < 1.29 is 50.3 Å². The summed E-state index contributed by atoms with van der Waals surface area (Å²) < 4.78 is 70.8. The van der Waals surface area contributed by atoms with E-state index in [0.717, 1.165) is 200 Å². The largest absolute Gasteiger partial charge is 0.385 e. The van der Waals surface area contributed by atoms with Crippen LogP contribution in [0.5, 0.6) is 0 Å². The van der Waals surface area contributed by atoms with E-state index in [9.17, 15) is 69.5 Å². The lowest BCUT2D eigenvalue weighted by Gasteiger charge is -2.22. The lowest BCUT2D eigenvalue weighted by atomic mass is 9.87. The first kappa shape index (κ1) is 100. The Kier molecular flexibility index (Phi) is 32.7. The summed E-state index contributed by atoms with van der Waals surface area (Å²) >= 11 is 24.7. The molecule has 10 N–H and O–H groups in total. The van der Waals surface area contributed by atoms with Crippen LogP contribution in [-0.2, 0) is 51.4 Å². The summed E-state index contributed by atoms with van der Waals surface area (Å²) in [6, 6.07) is 49.7. The second kappa shape index (κ2) is 45.1. The molecule has 5 aromatic heterocycles. The van der Waals surface area contributed by atoms with Crippen molar-refractivity contribution in [3.05, 3.63) is 337 Å². The normalized spacial score (nSPS) is 20.5. The Hall–Kier alpha value is -10.9. The first-order valence-electron chi connectivity index (χ1n) is 48.5. The number of alkyl halides is 2. The molecule has 5 aromatic carbocycles. The fourth-order valence-electron chi connectivity index (χ4n) is 19.8. The van der Waals surface area contributed by atoms with Gasteiger partial charge in [-0.2, -0.15) is 0 Å². The van der Waals surface area contributed by atoms with Gasteiger partial charge in [0.1, 0.15) is 10.8 Å². The summed E-state index contributed by atoms with van der Waals surface area (Å²) in [5.74, 6) is 0.638. The number of carbonyl (C=O) groups excluding carboxylic acids is 5. The van der Waals surface area contributed by atoms with Gasteiger partial charge in [-0.25, -0.2) is 21.6 Å². The number of benzene rings is 5. The maximum absolute atomic E-state index is 14.6. The number of H-pyrrole nitrogens is 5. The first-order chi connectivity index (χ1) is 66.4. The van der Waals surface area contributed by atoms with Crippen LogP contribution in [0.3, 0.4) is 0 Å². The molecule has 5 aliphatic heterocycles. The molecule has 20 rings (SSSR count). The fourth-order valence-corrected chi connectivity index (χ4v) is 22.6. The Labute approximate surface area is 819 Å². The summed E-state index contributed by atoms with van der Waals surface area (Å²) in [5, 5.41) is 16.1. The summed E-state index contributed by atoms with van der Waals surface area (Å²) in [4.78, 5) is 135. The first-order valence-corrected chi connectivity index (χ1v) is 51.5. The Bertz CT molecular complexity index is 6550. The third-order valence-electron chi connectivity index (χ3n) is 28.3. The SMILES string of the molecule is CCc1ccc(C(C[C@H]2CCC(=O)N2)c2ccc(C3CC3)c(=O)[nH]2)cc1Cl.COCCCc1ccc(C(C[C@H]2CCC(=O)N2)c2ccc(Cl)c(=O)[nH]2)cc1.O=C1CC[C@H](CC(c2ccc(C(F)F)cc2)c2ccc(C3CC3)c(=O)[nH]2)N1.O=C1CC[C@H](CC(c2ccc(C3CC3)c(=O)[nH]2)c2ccc(Cl)cc2F)N1.O=C1CC[C@H](CC(c2ccc(S(=O)(=O)C3CC3)c(Cl)c2)c2ccc(C3CC3)c(=O)[nH]2)N1. The van der Waals surface area contributed by atoms with Crippen LogP contribution in [0.15, 0.2) is 193 Å². The Morgan fingerprint density at radius 1 is 0.362 bits per heavy atom. The average Bonchev–Trinajstić information content (AvgIpc) is 1.57. The molecule has 5 saturated carbocycles. The quantitative estimate of drug-likeness (QED) is 0.0176. The monoisotopic (exact) mass is 1980 g/mol. The number of ether oxygens (including phenoxy) is 1. The van der Waals surface area contributed by atoms with E-state index in [4.69, 9.17) is 51.1 Å². The smallest absolute Gasteiger partial charge is 0.266 e. The summed E-state index contributed by atoms with van der Waals surface area (Å²) in [6.45, 7) is 2.83. The lowest BCUT2D eigenvalue weighted by molar-refractivity contribution is -0.120. The maximum Gasteiger partial charge on any atom is 0.266 e. The fraction of sp³-hybridized carbons (Fsp3) is 0.439. The Morgan fingerprint density at radius 2 is 0.703 bits per heavy atom. The minimum atomic E-state index is -3.39. The van der Waals surface area contributed by atoms with Gasteiger partial charge in [0.15, 0.2) is 9.84 Å². The van der Waals surface area contributed by atoms with E-state index in [1.165, 1.54) is 23.8 Å². The molecule has 31 heteroatoms. The third kappa shape index (κ3) is 26.0. The molecule has 23 nitrogen and oxygen atoms in total. The van der Waals surface area contributed by atoms with Gasteiger partial charge < -0.3 is 56.2 Å². The number of rotatable bonds is 32. The van der Waals surface area contributed by atoms with Crippen molar-refractivity contribution in [1.29, 1.82) is 0 Å². The number of sulfone groups is 1. The standard InChI is InChI=1S/C23H25ClN2O4S.C22H25ClN2O2.C21H25ClN2O3.C21H22F2N2O2.C20H20ClFN2O2/c24-19-11-14(3-9-21(19)31(29,30)16-5-6-16)18(12-15-4-10-22(27)25-15)20-8-7-17(13-1-2-13)23(28)26-20;1-2-13-3-6-15(11-19(13)23)18(12-16-7-10-21(26)24-16)20-9-8-17(14-4-5-14)22(27)25-20;1-27-12-2-3-14-4-6-15(7-5-14)17(13-16-8-11-20(25)23-16)19-10-9-18(22)21(26)24-19;22-20(23)14-5-3-13(4-6-14)17(11-15-7-10-19(26)24-15)18-9-8-16(12-1-2-12)21(27)25-18;21-12-3-5-15(17(22)9-12)16(10-13-4-8-19(25)23-13)18-7-6-14(11-1-2-11)20(26)24-18/h3,7-9,11,13,15-16,18H,1-2,4-6,10,12H2,(H,25,27)(H,26,28);3,6,8-9,11,14,16,18H,2,4-5,7,10,12H2,1H3,(H,24,26)(H,25,27);4-7,9-10,16-17H,2-3,8,11-13H2,1H3,(H,23,25)(H,24,26);3-6,8-9,12,15,17,20H,1-2,7,10-11H2,(H,24,26)(H,25,27);3,5-7,9,11,13,16H,1-2,4,8,10H2,(H,23,25)(H,24,26)/t15-,18?;16-,18?;16-,17?;15-,17?;13-,16?/m11111/s1. The molecule has 10 atom stereocenters. The van der Waals surface area contributed by atoms with E-state index >= 15 is 0 Å². The third-order valence-corrected chi connectivity index (χ3v) is 31.9. The van der Waals surface area contributed by atoms with Crippen LogP contribution in [0.4, 0.5) is 13.2 Å². The number of carbonyl (C=O) groups is 5. The zero-order chi connectivity index (χ0) is 97.2. The zero-order valence-electron chi connectivity index (χ0n) is 77.2. The van der Waals surface area contributed by atoms with Crippen LogP contribution in [0, 0.1) is 5.82 Å². The van der Waals surface area contributed by atoms with Crippen molar-refractivity contribution in [2.24, 2.45) is 0 Å². The van der Waals surface area contributed by atoms with Gasteiger partial charge in [-0.15, -0.1) is 0 Å². The van der Waals surface area contributed by atoms with Gasteiger partial charge in [0.2, 0.25) is 29.5 Å². The molecule has 5 amide bonds. The summed E-state index contributed by atoms with van der Waals surface area (Å²) in [7, 11) is -1.68. The molecule has 5 aliphatic carbocycles. The number of hydrogen-bond donors (Lipinski definition) is 10. The molecule has 0 bridgehead atoms. The number of aromatic amines is 5. The molecule has 0 spiro atoms. The number of halogens is 7.